The van der Waals surface area contributed by atoms with Crippen LogP contribution in [0.2, 0.25) is 0 Å². The SMILES string of the molecule is Cc1cc(S(N)(=O)=O)cc(C(C)C)c1NS(N)(=O)=O. The molecule has 0 saturated carbocycles. The summed E-state index contributed by atoms with van der Waals surface area (Å²) < 4.78 is 47.2. The molecule has 7 nitrogen and oxygen atoms in total. The first-order valence-corrected chi connectivity index (χ1v) is 8.49. The molecule has 5 N–H and O–H groups in total. The van der Waals surface area contributed by atoms with Gasteiger partial charge in [0.2, 0.25) is 10.0 Å². The fourth-order valence-corrected chi connectivity index (χ4v) is 2.88. The first-order valence-electron chi connectivity index (χ1n) is 5.39. The Kier molecular flexibility index (Phi) is 4.25. The van der Waals surface area contributed by atoms with Crippen LogP contribution in [0.15, 0.2) is 17.0 Å². The van der Waals surface area contributed by atoms with E-state index < -0.39 is 20.2 Å². The van der Waals surface area contributed by atoms with E-state index in [0.29, 0.717) is 11.1 Å². The van der Waals surface area contributed by atoms with Crippen LogP contribution in [0, 0.1) is 6.92 Å². The lowest BCUT2D eigenvalue weighted by molar-refractivity contribution is 0.597. The highest BCUT2D eigenvalue weighted by Gasteiger charge is 2.18. The van der Waals surface area contributed by atoms with Crippen LogP contribution in [0.25, 0.3) is 0 Å². The highest BCUT2D eigenvalue weighted by molar-refractivity contribution is 7.90. The first-order chi connectivity index (χ1) is 8.42. The summed E-state index contributed by atoms with van der Waals surface area (Å²) in [6.45, 7) is 5.18. The molecular formula is C10H17N3O4S2. The first kappa shape index (κ1) is 15.9. The lowest BCUT2D eigenvalue weighted by atomic mass is 9.99. The molecule has 0 saturated heterocycles. The van der Waals surface area contributed by atoms with Crippen molar-refractivity contribution in [1.82, 2.24) is 0 Å². The van der Waals surface area contributed by atoms with Crippen LogP contribution in [0.3, 0.4) is 0 Å². The highest BCUT2D eigenvalue weighted by atomic mass is 32.2. The number of rotatable bonds is 4. The molecule has 0 unspecified atom stereocenters. The van der Waals surface area contributed by atoms with Crippen molar-refractivity contribution >= 4 is 25.9 Å². The summed E-state index contributed by atoms with van der Waals surface area (Å²) in [4.78, 5) is -0.0614. The van der Waals surface area contributed by atoms with Crippen molar-refractivity contribution in [1.29, 1.82) is 0 Å². The molecular weight excluding hydrogens is 290 g/mol. The van der Waals surface area contributed by atoms with Crippen LogP contribution >= 0.6 is 0 Å². The van der Waals surface area contributed by atoms with Crippen molar-refractivity contribution in [3.63, 3.8) is 0 Å². The van der Waals surface area contributed by atoms with E-state index in [1.54, 1.807) is 20.8 Å². The lowest BCUT2D eigenvalue weighted by Crippen LogP contribution is -2.23. The zero-order chi connectivity index (χ0) is 15.0. The van der Waals surface area contributed by atoms with Crippen molar-refractivity contribution in [3.8, 4) is 0 Å². The van der Waals surface area contributed by atoms with Crippen LogP contribution < -0.4 is 15.0 Å². The van der Waals surface area contributed by atoms with Gasteiger partial charge in [-0.2, -0.15) is 8.42 Å². The maximum atomic E-state index is 11.4. The Hall–Kier alpha value is -1.16. The molecule has 0 heterocycles. The van der Waals surface area contributed by atoms with E-state index in [2.05, 4.69) is 4.72 Å². The Morgan fingerprint density at radius 1 is 1.11 bits per heavy atom. The van der Waals surface area contributed by atoms with Crippen molar-refractivity contribution in [2.24, 2.45) is 10.3 Å². The molecule has 108 valence electrons. The molecule has 1 rings (SSSR count). The van der Waals surface area contributed by atoms with E-state index in [9.17, 15) is 16.8 Å². The lowest BCUT2D eigenvalue weighted by Gasteiger charge is -2.17. The van der Waals surface area contributed by atoms with E-state index in [1.807, 2.05) is 0 Å². The third-order valence-electron chi connectivity index (χ3n) is 2.53. The van der Waals surface area contributed by atoms with Crippen LogP contribution in [0.1, 0.15) is 30.9 Å². The molecule has 1 aromatic carbocycles. The van der Waals surface area contributed by atoms with Gasteiger partial charge in [0.15, 0.2) is 0 Å². The van der Waals surface area contributed by atoms with Gasteiger partial charge >= 0.3 is 0 Å². The Labute approximate surface area is 113 Å². The predicted octanol–water partition coefficient (Wildman–Crippen LogP) is 0.381. The van der Waals surface area contributed by atoms with E-state index in [4.69, 9.17) is 10.3 Å². The van der Waals surface area contributed by atoms with Crippen molar-refractivity contribution < 1.29 is 16.8 Å². The molecule has 0 aliphatic heterocycles. The molecule has 0 amide bonds. The minimum absolute atomic E-state index is 0.0614. The maximum absolute atomic E-state index is 11.4. The minimum Gasteiger partial charge on any atom is -0.271 e. The summed E-state index contributed by atoms with van der Waals surface area (Å²) in [5.74, 6) is -0.107. The van der Waals surface area contributed by atoms with Gasteiger partial charge in [0.05, 0.1) is 10.6 Å². The number of nitrogens with two attached hydrogens (primary N) is 2. The summed E-state index contributed by atoms with van der Waals surface area (Å²) in [6.07, 6.45) is 0. The van der Waals surface area contributed by atoms with Gasteiger partial charge in [-0.25, -0.2) is 18.7 Å². The predicted molar refractivity (Wildman–Crippen MR) is 73.4 cm³/mol. The zero-order valence-corrected chi connectivity index (χ0v) is 12.5. The smallest absolute Gasteiger partial charge is 0.271 e. The molecule has 0 spiro atoms. The summed E-state index contributed by atoms with van der Waals surface area (Å²) in [5, 5.41) is 10.0. The number of hydrogen-bond acceptors (Lipinski definition) is 4. The maximum Gasteiger partial charge on any atom is 0.296 e. The van der Waals surface area contributed by atoms with Gasteiger partial charge in [0.25, 0.3) is 10.2 Å². The quantitative estimate of drug-likeness (QED) is 0.741. The van der Waals surface area contributed by atoms with Gasteiger partial charge in [-0.3, -0.25) is 4.72 Å². The van der Waals surface area contributed by atoms with Crippen LogP contribution in [-0.2, 0) is 20.2 Å². The summed E-state index contributed by atoms with van der Waals surface area (Å²) in [6, 6.07) is 2.65. The Bertz CT molecular complexity index is 694. The van der Waals surface area contributed by atoms with Crippen molar-refractivity contribution in [2.75, 3.05) is 4.72 Å². The van der Waals surface area contributed by atoms with Crippen LogP contribution in [0.4, 0.5) is 5.69 Å². The largest absolute Gasteiger partial charge is 0.296 e. The van der Waals surface area contributed by atoms with Gasteiger partial charge in [0, 0.05) is 0 Å². The van der Waals surface area contributed by atoms with Crippen molar-refractivity contribution in [2.45, 2.75) is 31.6 Å². The Morgan fingerprint density at radius 3 is 2.00 bits per heavy atom. The van der Waals surface area contributed by atoms with E-state index in [-0.39, 0.29) is 16.5 Å². The van der Waals surface area contributed by atoms with Crippen molar-refractivity contribution in [3.05, 3.63) is 23.3 Å². The van der Waals surface area contributed by atoms with Crippen LogP contribution in [0.5, 0.6) is 0 Å². The molecule has 0 aliphatic carbocycles. The van der Waals surface area contributed by atoms with Gasteiger partial charge in [-0.1, -0.05) is 13.8 Å². The molecule has 19 heavy (non-hydrogen) atoms. The van der Waals surface area contributed by atoms with Gasteiger partial charge < -0.3 is 0 Å². The number of sulfonamides is 1. The number of benzene rings is 1. The average Bonchev–Trinajstić information content (AvgIpc) is 2.16. The van der Waals surface area contributed by atoms with E-state index in [1.165, 1.54) is 12.1 Å². The molecule has 0 atom stereocenters. The second-order valence-electron chi connectivity index (χ2n) is 4.55. The number of nitrogens with one attached hydrogen (secondary N) is 1. The Balaban J connectivity index is 3.57. The molecule has 9 heteroatoms. The monoisotopic (exact) mass is 307 g/mol. The highest BCUT2D eigenvalue weighted by Crippen LogP contribution is 2.30. The average molecular weight is 307 g/mol. The fourth-order valence-electron chi connectivity index (χ4n) is 1.68. The van der Waals surface area contributed by atoms with Gasteiger partial charge in [0.1, 0.15) is 0 Å². The fraction of sp³-hybridized carbons (Fsp3) is 0.400. The normalized spacial score (nSPS) is 12.7. The molecule has 0 aromatic heterocycles. The number of hydrogen-bond donors (Lipinski definition) is 3. The molecule has 0 radical (unpaired) electrons. The molecule has 0 fully saturated rings. The number of anilines is 1. The standard InChI is InChI=1S/C10H17N3O4S2/c1-6(2)9-5-8(18(11,14)15)4-7(3)10(9)13-19(12,16)17/h4-6,13H,1-3H3,(H2,11,14,15)(H2,12,16,17). The Morgan fingerprint density at radius 2 is 1.63 bits per heavy atom. The molecule has 1 aromatic rings. The summed E-state index contributed by atoms with van der Waals surface area (Å²) in [5.41, 5.74) is 1.23. The summed E-state index contributed by atoms with van der Waals surface area (Å²) in [7, 11) is -7.78. The second kappa shape index (κ2) is 5.08. The van der Waals surface area contributed by atoms with E-state index in [0.717, 1.165) is 0 Å². The second-order valence-corrected chi connectivity index (χ2v) is 7.41. The molecule has 0 aliphatic rings. The third kappa shape index (κ3) is 4.16. The topological polar surface area (TPSA) is 132 Å². The van der Waals surface area contributed by atoms with E-state index >= 15 is 0 Å². The third-order valence-corrected chi connectivity index (χ3v) is 3.92. The van der Waals surface area contributed by atoms with Gasteiger partial charge in [-0.15, -0.1) is 0 Å². The van der Waals surface area contributed by atoms with Crippen LogP contribution in [-0.4, -0.2) is 16.8 Å². The van der Waals surface area contributed by atoms with Gasteiger partial charge in [-0.05, 0) is 36.1 Å². The number of aryl methyl sites for hydroxylation is 1. The number of primary sulfonamides is 1. The minimum atomic E-state index is -3.93. The zero-order valence-electron chi connectivity index (χ0n) is 10.8. The summed E-state index contributed by atoms with van der Waals surface area (Å²) >= 11 is 0. The molecule has 0 bridgehead atoms.